The predicted molar refractivity (Wildman–Crippen MR) is 124 cm³/mol. The first-order chi connectivity index (χ1) is 15.0. The summed E-state index contributed by atoms with van der Waals surface area (Å²) in [6.07, 6.45) is 0.0204. The van der Waals surface area contributed by atoms with E-state index in [2.05, 4.69) is 4.99 Å². The Hall–Kier alpha value is -2.78. The Kier molecular flexibility index (Phi) is 7.00. The summed E-state index contributed by atoms with van der Waals surface area (Å²) in [6, 6.07) is 10.3. The van der Waals surface area contributed by atoms with Crippen LogP contribution in [0.2, 0.25) is 0 Å². The largest absolute Gasteiger partial charge is 0.468 e. The topological polar surface area (TPSA) is 94.8 Å². The molecule has 0 atom stereocenters. The van der Waals surface area contributed by atoms with Gasteiger partial charge in [0.1, 0.15) is 6.54 Å². The molecule has 0 aliphatic rings. The zero-order valence-corrected chi connectivity index (χ0v) is 20.3. The van der Waals surface area contributed by atoms with Gasteiger partial charge in [-0.1, -0.05) is 23.5 Å². The van der Waals surface area contributed by atoms with E-state index in [-0.39, 0.29) is 23.8 Å². The van der Waals surface area contributed by atoms with Crippen molar-refractivity contribution in [3.63, 3.8) is 0 Å². The van der Waals surface area contributed by atoms with Crippen LogP contribution in [0.3, 0.4) is 0 Å². The maximum absolute atomic E-state index is 12.7. The average Bonchev–Trinajstić information content (AvgIpc) is 3.04. The quantitative estimate of drug-likeness (QED) is 0.511. The highest BCUT2D eigenvalue weighted by atomic mass is 32.2. The van der Waals surface area contributed by atoms with Crippen LogP contribution in [0.5, 0.6) is 0 Å². The summed E-state index contributed by atoms with van der Waals surface area (Å²) in [5.74, 6) is -0.818. The molecular formula is C23H26N2O5S2. The number of fused-ring (bicyclic) bond motifs is 1. The van der Waals surface area contributed by atoms with Gasteiger partial charge in [0, 0.05) is 0 Å². The normalized spacial score (nSPS) is 12.5. The number of methoxy groups -OCH3 is 1. The molecule has 170 valence electrons. The molecule has 2 aromatic carbocycles. The first kappa shape index (κ1) is 23.9. The second-order valence-corrected chi connectivity index (χ2v) is 11.4. The van der Waals surface area contributed by atoms with Crippen LogP contribution in [0, 0.1) is 13.8 Å². The third-order valence-corrected chi connectivity index (χ3v) is 8.47. The molecular weight excluding hydrogens is 448 g/mol. The van der Waals surface area contributed by atoms with Crippen LogP contribution in [-0.2, 0) is 37.1 Å². The second-order valence-electron chi connectivity index (χ2n) is 7.87. The Morgan fingerprint density at radius 1 is 1.09 bits per heavy atom. The minimum atomic E-state index is -3.37. The first-order valence-electron chi connectivity index (χ1n) is 10.1. The molecule has 0 aliphatic carbocycles. The van der Waals surface area contributed by atoms with Crippen LogP contribution in [0.25, 0.3) is 10.2 Å². The average molecular weight is 475 g/mol. The third-order valence-electron chi connectivity index (χ3n) is 5.26. The zero-order chi connectivity index (χ0) is 23.6. The van der Waals surface area contributed by atoms with Gasteiger partial charge in [0.2, 0.25) is 0 Å². The van der Waals surface area contributed by atoms with Crippen LogP contribution in [0.1, 0.15) is 30.5 Å². The molecule has 0 saturated heterocycles. The summed E-state index contributed by atoms with van der Waals surface area (Å²) in [4.78, 5) is 29.5. The van der Waals surface area contributed by atoms with Crippen LogP contribution in [0.15, 0.2) is 46.3 Å². The molecule has 1 aromatic heterocycles. The fourth-order valence-electron chi connectivity index (χ4n) is 3.14. The number of amides is 1. The van der Waals surface area contributed by atoms with Gasteiger partial charge in [-0.05, 0) is 68.7 Å². The summed E-state index contributed by atoms with van der Waals surface area (Å²) < 4.78 is 31.9. The number of nitrogens with zero attached hydrogens (tertiary/aromatic N) is 2. The summed E-state index contributed by atoms with van der Waals surface area (Å²) in [5, 5.41) is -0.518. The van der Waals surface area contributed by atoms with Crippen molar-refractivity contribution >= 4 is 43.3 Å². The van der Waals surface area contributed by atoms with E-state index >= 15 is 0 Å². The Morgan fingerprint density at radius 3 is 2.31 bits per heavy atom. The summed E-state index contributed by atoms with van der Waals surface area (Å²) in [6.45, 7) is 7.20. The highest BCUT2D eigenvalue weighted by Gasteiger charge is 2.19. The van der Waals surface area contributed by atoms with E-state index in [1.807, 2.05) is 26.0 Å². The molecule has 3 rings (SSSR count). The fourth-order valence-corrected chi connectivity index (χ4v) is 5.33. The molecule has 0 radical (unpaired) electrons. The maximum atomic E-state index is 12.7. The third kappa shape index (κ3) is 4.99. The van der Waals surface area contributed by atoms with Gasteiger partial charge in [-0.3, -0.25) is 9.59 Å². The van der Waals surface area contributed by atoms with Gasteiger partial charge in [0.05, 0.1) is 33.9 Å². The number of aryl methyl sites for hydroxylation is 2. The van der Waals surface area contributed by atoms with Gasteiger partial charge < -0.3 is 9.30 Å². The molecule has 0 aliphatic heterocycles. The number of rotatable bonds is 6. The lowest BCUT2D eigenvalue weighted by molar-refractivity contribution is -0.141. The number of benzene rings is 2. The van der Waals surface area contributed by atoms with Gasteiger partial charge in [-0.25, -0.2) is 8.42 Å². The van der Waals surface area contributed by atoms with Crippen molar-refractivity contribution < 1.29 is 22.7 Å². The van der Waals surface area contributed by atoms with Gasteiger partial charge in [0.25, 0.3) is 5.91 Å². The number of thiazole rings is 1. The van der Waals surface area contributed by atoms with Crippen LogP contribution in [0.4, 0.5) is 0 Å². The number of hydrogen-bond acceptors (Lipinski definition) is 6. The van der Waals surface area contributed by atoms with Crippen molar-refractivity contribution in [2.24, 2.45) is 4.99 Å². The van der Waals surface area contributed by atoms with Gasteiger partial charge >= 0.3 is 5.97 Å². The molecule has 3 aromatic rings. The summed E-state index contributed by atoms with van der Waals surface area (Å²) >= 11 is 1.34. The van der Waals surface area contributed by atoms with E-state index in [1.165, 1.54) is 30.6 Å². The minimum absolute atomic E-state index is 0.0204. The van der Waals surface area contributed by atoms with Crippen molar-refractivity contribution in [1.29, 1.82) is 0 Å². The van der Waals surface area contributed by atoms with E-state index in [1.54, 1.807) is 30.5 Å². The summed E-state index contributed by atoms with van der Waals surface area (Å²) in [5.41, 5.74) is 3.66. The molecule has 32 heavy (non-hydrogen) atoms. The van der Waals surface area contributed by atoms with E-state index in [0.717, 1.165) is 21.3 Å². The molecule has 7 nitrogen and oxygen atoms in total. The smallest absolute Gasteiger partial charge is 0.325 e. The Bertz CT molecular complexity index is 1350. The lowest BCUT2D eigenvalue weighted by atomic mass is 10.1. The first-order valence-corrected chi connectivity index (χ1v) is 12.5. The van der Waals surface area contributed by atoms with Gasteiger partial charge in [-0.15, -0.1) is 0 Å². The number of carbonyl (C=O) groups is 2. The molecule has 0 bridgehead atoms. The molecule has 0 fully saturated rings. The minimum Gasteiger partial charge on any atom is -0.468 e. The molecule has 9 heteroatoms. The Morgan fingerprint density at radius 2 is 1.72 bits per heavy atom. The van der Waals surface area contributed by atoms with Crippen LogP contribution in [-0.4, -0.2) is 37.2 Å². The lowest BCUT2D eigenvalue weighted by Crippen LogP contribution is -2.22. The molecule has 0 spiro atoms. The number of hydrogen-bond donors (Lipinski definition) is 0. The SMILES string of the molecule is COC(=O)Cn1c(=NC(=O)Cc2ccc(S(=O)(=O)C(C)C)cc2)sc2cc(C)c(C)cc21. The van der Waals surface area contributed by atoms with Crippen molar-refractivity contribution in [2.75, 3.05) is 7.11 Å². The highest BCUT2D eigenvalue weighted by Crippen LogP contribution is 2.22. The predicted octanol–water partition coefficient (Wildman–Crippen LogP) is 3.34. The molecule has 1 amide bonds. The number of ether oxygens (including phenoxy) is 1. The standard InChI is InChI=1S/C23H26N2O5S2/c1-14(2)32(28,29)18-8-6-17(7-9-18)12-21(26)24-23-25(13-22(27)30-5)19-10-15(3)16(4)11-20(19)31-23/h6-11,14H,12-13H2,1-5H3. The van der Waals surface area contributed by atoms with Crippen LogP contribution < -0.4 is 4.80 Å². The van der Waals surface area contributed by atoms with E-state index in [9.17, 15) is 18.0 Å². The van der Waals surface area contributed by atoms with E-state index in [0.29, 0.717) is 10.4 Å². The lowest BCUT2D eigenvalue weighted by Gasteiger charge is -2.08. The van der Waals surface area contributed by atoms with Crippen molar-refractivity contribution in [2.45, 2.75) is 50.8 Å². The molecule has 1 heterocycles. The zero-order valence-electron chi connectivity index (χ0n) is 18.7. The monoisotopic (exact) mass is 474 g/mol. The summed E-state index contributed by atoms with van der Waals surface area (Å²) in [7, 11) is -2.05. The fraction of sp³-hybridized carbons (Fsp3) is 0.348. The number of sulfone groups is 1. The maximum Gasteiger partial charge on any atom is 0.325 e. The van der Waals surface area contributed by atoms with Crippen molar-refractivity contribution in [3.05, 3.63) is 57.9 Å². The Balaban J connectivity index is 1.95. The number of esters is 1. The van der Waals surface area contributed by atoms with E-state index < -0.39 is 21.1 Å². The van der Waals surface area contributed by atoms with Crippen molar-refractivity contribution in [3.8, 4) is 0 Å². The van der Waals surface area contributed by atoms with E-state index in [4.69, 9.17) is 4.74 Å². The number of carbonyl (C=O) groups excluding carboxylic acids is 2. The number of aromatic nitrogens is 1. The second kappa shape index (κ2) is 9.38. The van der Waals surface area contributed by atoms with Crippen molar-refractivity contribution in [1.82, 2.24) is 4.57 Å². The highest BCUT2D eigenvalue weighted by molar-refractivity contribution is 7.92. The Labute approximate surface area is 191 Å². The van der Waals surface area contributed by atoms with Gasteiger partial charge in [-0.2, -0.15) is 4.99 Å². The molecule has 0 N–H and O–H groups in total. The van der Waals surface area contributed by atoms with Crippen LogP contribution >= 0.6 is 11.3 Å². The molecule has 0 unspecified atom stereocenters. The molecule has 0 saturated carbocycles. The van der Waals surface area contributed by atoms with Gasteiger partial charge in [0.15, 0.2) is 14.6 Å².